The maximum absolute atomic E-state index is 14.9. The van der Waals surface area contributed by atoms with E-state index in [0.29, 0.717) is 36.9 Å². The predicted octanol–water partition coefficient (Wildman–Crippen LogP) is 6.34. The lowest BCUT2D eigenvalue weighted by molar-refractivity contribution is -0.000912. The highest BCUT2D eigenvalue weighted by molar-refractivity contribution is 6.07. The van der Waals surface area contributed by atoms with Crippen LogP contribution in [0, 0.1) is 24.7 Å². The van der Waals surface area contributed by atoms with Gasteiger partial charge in [0.05, 0.1) is 24.4 Å². The first kappa shape index (κ1) is 28.8. The smallest absolute Gasteiger partial charge is 0.331 e. The summed E-state index contributed by atoms with van der Waals surface area (Å²) in [6.07, 6.45) is 9.08. The molecule has 0 atom stereocenters. The highest BCUT2D eigenvalue weighted by Crippen LogP contribution is 2.59. The van der Waals surface area contributed by atoms with Crippen LogP contribution in [0.2, 0.25) is 0 Å². The van der Waals surface area contributed by atoms with Crippen LogP contribution in [-0.4, -0.2) is 66.8 Å². The number of anilines is 5. The molecule has 9 rings (SSSR count). The zero-order chi connectivity index (χ0) is 30.7. The van der Waals surface area contributed by atoms with E-state index in [2.05, 4.69) is 70.4 Å². The van der Waals surface area contributed by atoms with Crippen LogP contribution < -0.4 is 20.0 Å². The fourth-order valence-electron chi connectivity index (χ4n) is 9.48. The minimum Gasteiger partial charge on any atom is -0.380 e. The number of nitrogens with one attached hydrogen (secondary N) is 1. The number of benzene rings is 2. The molecule has 1 saturated heterocycles. The van der Waals surface area contributed by atoms with Gasteiger partial charge in [0.2, 0.25) is 5.95 Å². The Morgan fingerprint density at radius 3 is 2.31 bits per heavy atom. The third-order valence-corrected chi connectivity index (χ3v) is 11.2. The Labute approximate surface area is 266 Å². The van der Waals surface area contributed by atoms with E-state index in [1.807, 2.05) is 17.2 Å². The van der Waals surface area contributed by atoms with Crippen molar-refractivity contribution >= 4 is 34.9 Å². The number of piperazine rings is 1. The van der Waals surface area contributed by atoms with Gasteiger partial charge in [-0.15, -0.1) is 0 Å². The molecule has 2 aliphatic heterocycles. The van der Waals surface area contributed by atoms with Gasteiger partial charge in [-0.1, -0.05) is 18.2 Å². The molecule has 2 aromatic carbocycles. The molecule has 9 heteroatoms. The third kappa shape index (κ3) is 5.14. The van der Waals surface area contributed by atoms with E-state index >= 15 is 0 Å². The molecule has 3 heterocycles. The number of aromatic nitrogens is 2. The number of rotatable bonds is 7. The topological polar surface area (TPSA) is 77.1 Å². The van der Waals surface area contributed by atoms with Crippen molar-refractivity contribution < 1.29 is 9.53 Å². The number of carbonyl (C=O) groups is 1. The molecule has 4 aliphatic carbocycles. The van der Waals surface area contributed by atoms with Crippen molar-refractivity contribution in [3.63, 3.8) is 0 Å². The Kier molecular flexibility index (Phi) is 7.21. The van der Waals surface area contributed by atoms with E-state index in [9.17, 15) is 4.79 Å². The van der Waals surface area contributed by atoms with Crippen LogP contribution in [0.15, 0.2) is 48.7 Å². The number of aryl methyl sites for hydroxylation is 1. The summed E-state index contributed by atoms with van der Waals surface area (Å²) in [6, 6.07) is 14.8. The van der Waals surface area contributed by atoms with Crippen molar-refractivity contribution in [1.29, 1.82) is 0 Å². The molecule has 0 radical (unpaired) electrons. The number of urea groups is 1. The van der Waals surface area contributed by atoms with E-state index < -0.39 is 0 Å². The molecule has 3 aromatic rings. The van der Waals surface area contributed by atoms with E-state index in [1.54, 1.807) is 7.11 Å². The number of methoxy groups -OCH3 is 1. The van der Waals surface area contributed by atoms with Crippen LogP contribution >= 0.6 is 0 Å². The second-order valence-corrected chi connectivity index (χ2v) is 14.4. The molecule has 1 N–H and O–H groups in total. The van der Waals surface area contributed by atoms with Crippen LogP contribution in [0.25, 0.3) is 0 Å². The van der Waals surface area contributed by atoms with E-state index in [1.165, 1.54) is 24.9 Å². The van der Waals surface area contributed by atoms with Gasteiger partial charge in [0.25, 0.3) is 0 Å². The molecular formula is C36H45N7O2. The van der Waals surface area contributed by atoms with Gasteiger partial charge in [-0.25, -0.2) is 9.78 Å². The second kappa shape index (κ2) is 11.3. The molecule has 0 unspecified atom stereocenters. The zero-order valence-electron chi connectivity index (χ0n) is 26.8. The first-order valence-electron chi connectivity index (χ1n) is 16.7. The van der Waals surface area contributed by atoms with Crippen molar-refractivity contribution in [3.05, 3.63) is 65.4 Å². The van der Waals surface area contributed by atoms with Crippen LogP contribution in [-0.2, 0) is 17.9 Å². The lowest BCUT2D eigenvalue weighted by atomic mass is 9.52. The summed E-state index contributed by atoms with van der Waals surface area (Å²) in [7, 11) is 3.89. The first-order valence-corrected chi connectivity index (χ1v) is 16.7. The maximum Gasteiger partial charge on any atom is 0.331 e. The van der Waals surface area contributed by atoms with Crippen molar-refractivity contribution in [2.75, 3.05) is 60.4 Å². The van der Waals surface area contributed by atoms with E-state index in [4.69, 9.17) is 14.7 Å². The summed E-state index contributed by atoms with van der Waals surface area (Å²) in [6.45, 7) is 7.23. The Bertz CT molecular complexity index is 1550. The number of ether oxygens (including phenoxy) is 1. The minimum atomic E-state index is -0.195. The molecule has 1 aromatic heterocycles. The maximum atomic E-state index is 14.9. The van der Waals surface area contributed by atoms with E-state index in [0.717, 1.165) is 79.3 Å². The van der Waals surface area contributed by atoms with Crippen LogP contribution in [0.4, 0.5) is 33.6 Å². The second-order valence-electron chi connectivity index (χ2n) is 14.4. The SMILES string of the molecule is COCc1cccc(C)c1N1Cc2cnc(Nc3ccc(N4CCN(C)CC4)cc3)nc2N(C23CC4CC(CC(C4)C2)C3)C1=O. The number of likely N-dealkylation sites (N-methyl/N-ethyl adjacent to an activating group) is 1. The Balaban J connectivity index is 1.14. The Morgan fingerprint density at radius 2 is 1.64 bits per heavy atom. The van der Waals surface area contributed by atoms with Gasteiger partial charge in [0.15, 0.2) is 0 Å². The zero-order valence-corrected chi connectivity index (χ0v) is 26.8. The van der Waals surface area contributed by atoms with Crippen LogP contribution in [0.3, 0.4) is 0 Å². The van der Waals surface area contributed by atoms with Gasteiger partial charge in [0.1, 0.15) is 5.82 Å². The molecule has 4 saturated carbocycles. The van der Waals surface area contributed by atoms with Crippen molar-refractivity contribution in [1.82, 2.24) is 14.9 Å². The average molecular weight is 608 g/mol. The summed E-state index contributed by atoms with van der Waals surface area (Å²) >= 11 is 0. The molecule has 236 valence electrons. The monoisotopic (exact) mass is 607 g/mol. The fourth-order valence-corrected chi connectivity index (χ4v) is 9.48. The minimum absolute atomic E-state index is 0.0392. The van der Waals surface area contributed by atoms with Gasteiger partial charge < -0.3 is 19.9 Å². The fraction of sp³-hybridized carbons (Fsp3) is 0.528. The molecular weight excluding hydrogens is 562 g/mol. The summed E-state index contributed by atoms with van der Waals surface area (Å²) in [5.74, 6) is 3.41. The highest BCUT2D eigenvalue weighted by atomic mass is 16.5. The van der Waals surface area contributed by atoms with Crippen LogP contribution in [0.1, 0.15) is 55.2 Å². The summed E-state index contributed by atoms with van der Waals surface area (Å²) in [4.78, 5) is 33.8. The molecule has 5 fully saturated rings. The number of hydrogen-bond donors (Lipinski definition) is 1. The molecule has 45 heavy (non-hydrogen) atoms. The number of hydrogen-bond acceptors (Lipinski definition) is 7. The molecule has 0 spiro atoms. The number of amides is 2. The van der Waals surface area contributed by atoms with Gasteiger partial charge >= 0.3 is 6.03 Å². The average Bonchev–Trinajstić information content (AvgIpc) is 3.01. The molecule has 4 bridgehead atoms. The van der Waals surface area contributed by atoms with Gasteiger partial charge in [-0.2, -0.15) is 4.98 Å². The van der Waals surface area contributed by atoms with Crippen molar-refractivity contribution in [2.24, 2.45) is 17.8 Å². The van der Waals surface area contributed by atoms with Crippen LogP contribution in [0.5, 0.6) is 0 Å². The first-order chi connectivity index (χ1) is 21.9. The quantitative estimate of drug-likeness (QED) is 0.336. The van der Waals surface area contributed by atoms with Gasteiger partial charge in [-0.05, 0) is 100 Å². The summed E-state index contributed by atoms with van der Waals surface area (Å²) in [5, 5.41) is 3.46. The lowest BCUT2D eigenvalue weighted by Crippen LogP contribution is -2.65. The number of nitrogens with zero attached hydrogens (tertiary/aromatic N) is 6. The highest BCUT2D eigenvalue weighted by Gasteiger charge is 2.57. The van der Waals surface area contributed by atoms with Crippen molar-refractivity contribution in [2.45, 2.75) is 64.1 Å². The molecule has 9 nitrogen and oxygen atoms in total. The van der Waals surface area contributed by atoms with Gasteiger partial charge in [0, 0.05) is 62.0 Å². The van der Waals surface area contributed by atoms with Crippen molar-refractivity contribution in [3.8, 4) is 0 Å². The number of carbonyl (C=O) groups excluding carboxylic acids is 1. The number of para-hydroxylation sites is 1. The molecule has 6 aliphatic rings. The molecule has 2 amide bonds. The third-order valence-electron chi connectivity index (χ3n) is 11.2. The summed E-state index contributed by atoms with van der Waals surface area (Å²) in [5.41, 5.74) is 6.04. The summed E-state index contributed by atoms with van der Waals surface area (Å²) < 4.78 is 5.58. The predicted molar refractivity (Wildman–Crippen MR) is 178 cm³/mol. The Hall–Kier alpha value is -3.69. The lowest BCUT2D eigenvalue weighted by Gasteiger charge is -2.61. The standard InChI is InChI=1S/C36H45N7O2/c1-24-5-4-6-28(23-45-3)32(24)42-22-29-21-37-34(38-30-7-9-31(10-8-30)41-13-11-40(2)12-14-41)39-33(29)43(35(42)44)36-18-25-15-26(19-36)17-27(16-25)20-36/h4-10,21,25-27H,11-20,22-23H2,1-3H3,(H,37,38,39). The normalized spacial score (nSPS) is 27.7. The van der Waals surface area contributed by atoms with Gasteiger partial charge in [-0.3, -0.25) is 9.80 Å². The van der Waals surface area contributed by atoms with E-state index in [-0.39, 0.29) is 11.6 Å². The Morgan fingerprint density at radius 1 is 0.956 bits per heavy atom. The number of fused-ring (bicyclic) bond motifs is 1. The largest absolute Gasteiger partial charge is 0.380 e.